The molecule has 0 radical (unpaired) electrons. The summed E-state index contributed by atoms with van der Waals surface area (Å²) in [5.74, 6) is 0.309. The largest absolute Gasteiger partial charge is 0.461 e. The molecule has 2 heteroatoms. The maximum absolute atomic E-state index is 11.7. The Morgan fingerprint density at radius 1 is 1.35 bits per heavy atom. The van der Waals surface area contributed by atoms with Gasteiger partial charge in [-0.2, -0.15) is 0 Å². The Morgan fingerprint density at radius 2 is 2.05 bits per heavy atom. The molecule has 20 heavy (non-hydrogen) atoms. The van der Waals surface area contributed by atoms with Crippen LogP contribution in [-0.4, -0.2) is 12.6 Å². The van der Waals surface area contributed by atoms with Gasteiger partial charge in [-0.1, -0.05) is 49.4 Å². The Balaban J connectivity index is 2.33. The first-order valence-electron chi connectivity index (χ1n) is 7.09. The number of carbonyl (C=O) groups is 1. The Hall–Kier alpha value is -1.83. The molecule has 1 aromatic rings. The molecule has 0 aromatic heterocycles. The third-order valence-corrected chi connectivity index (χ3v) is 3.05. The Morgan fingerprint density at radius 3 is 2.70 bits per heavy atom. The minimum absolute atomic E-state index is 0.178. The number of benzene rings is 1. The van der Waals surface area contributed by atoms with Gasteiger partial charge < -0.3 is 4.74 Å². The summed E-state index contributed by atoms with van der Waals surface area (Å²) in [6, 6.07) is 9.65. The molecule has 0 N–H and O–H groups in total. The van der Waals surface area contributed by atoms with Gasteiger partial charge in [0.1, 0.15) is 6.61 Å². The van der Waals surface area contributed by atoms with Crippen LogP contribution >= 0.6 is 0 Å². The lowest BCUT2D eigenvalue weighted by molar-refractivity contribution is -0.141. The summed E-state index contributed by atoms with van der Waals surface area (Å²) in [6.45, 7) is 8.27. The van der Waals surface area contributed by atoms with Crippen molar-refractivity contribution in [3.8, 4) is 0 Å². The Bertz CT molecular complexity index is 446. The smallest absolute Gasteiger partial charge is 0.310 e. The second kappa shape index (κ2) is 9.13. The maximum Gasteiger partial charge on any atom is 0.310 e. The topological polar surface area (TPSA) is 26.3 Å². The number of hydrogen-bond acceptors (Lipinski definition) is 2. The Labute approximate surface area is 122 Å². The first-order valence-corrected chi connectivity index (χ1v) is 7.09. The molecule has 0 spiro atoms. The molecular weight excluding hydrogens is 248 g/mol. The van der Waals surface area contributed by atoms with Crippen molar-refractivity contribution in [1.29, 1.82) is 0 Å². The van der Waals surface area contributed by atoms with E-state index in [4.69, 9.17) is 4.74 Å². The fourth-order valence-corrected chi connectivity index (χ4v) is 2.01. The van der Waals surface area contributed by atoms with Crippen LogP contribution in [-0.2, 0) is 16.0 Å². The van der Waals surface area contributed by atoms with Crippen molar-refractivity contribution in [3.63, 3.8) is 0 Å². The van der Waals surface area contributed by atoms with Gasteiger partial charge in [0, 0.05) is 0 Å². The molecule has 0 aliphatic carbocycles. The lowest BCUT2D eigenvalue weighted by Crippen LogP contribution is -2.10. The van der Waals surface area contributed by atoms with Gasteiger partial charge in [-0.3, -0.25) is 4.79 Å². The molecule has 0 aliphatic rings. The summed E-state index contributed by atoms with van der Waals surface area (Å²) in [5.41, 5.74) is 2.08. The van der Waals surface area contributed by atoms with Crippen LogP contribution in [0.2, 0.25) is 0 Å². The molecule has 1 unspecified atom stereocenters. The van der Waals surface area contributed by atoms with Crippen LogP contribution in [0.5, 0.6) is 0 Å². The normalized spacial score (nSPS) is 12.8. The van der Waals surface area contributed by atoms with Gasteiger partial charge >= 0.3 is 5.97 Å². The summed E-state index contributed by atoms with van der Waals surface area (Å²) in [5, 5.41) is 0. The van der Waals surface area contributed by atoms with Crippen molar-refractivity contribution >= 4 is 5.97 Å². The summed E-state index contributed by atoms with van der Waals surface area (Å²) in [7, 11) is 0. The van der Waals surface area contributed by atoms with Gasteiger partial charge in [-0.25, -0.2) is 0 Å². The van der Waals surface area contributed by atoms with Crippen LogP contribution in [0, 0.1) is 5.92 Å². The van der Waals surface area contributed by atoms with E-state index in [-0.39, 0.29) is 5.97 Å². The SMILES string of the molecule is C=CCCC(C)/C=C(\C)COC(=O)Cc1ccccc1. The zero-order valence-corrected chi connectivity index (χ0v) is 12.5. The number of rotatable bonds is 8. The van der Waals surface area contributed by atoms with E-state index in [2.05, 4.69) is 19.6 Å². The molecule has 0 saturated carbocycles. The van der Waals surface area contributed by atoms with Gasteiger partial charge in [-0.15, -0.1) is 6.58 Å². The fraction of sp³-hybridized carbons (Fsp3) is 0.389. The lowest BCUT2D eigenvalue weighted by atomic mass is 10.0. The number of hydrogen-bond donors (Lipinski definition) is 0. The van der Waals surface area contributed by atoms with Crippen LogP contribution < -0.4 is 0 Å². The molecular formula is C18H24O2. The average Bonchev–Trinajstić information content (AvgIpc) is 2.44. The van der Waals surface area contributed by atoms with Crippen molar-refractivity contribution in [1.82, 2.24) is 0 Å². The van der Waals surface area contributed by atoms with Gasteiger partial charge in [-0.05, 0) is 36.8 Å². The highest BCUT2D eigenvalue weighted by molar-refractivity contribution is 5.72. The van der Waals surface area contributed by atoms with Crippen LogP contribution in [0.15, 0.2) is 54.6 Å². The predicted octanol–water partition coefficient (Wildman–Crippen LogP) is 4.32. The van der Waals surface area contributed by atoms with Crippen LogP contribution in [0.25, 0.3) is 0 Å². The van der Waals surface area contributed by atoms with Crippen LogP contribution in [0.4, 0.5) is 0 Å². The minimum atomic E-state index is -0.178. The third-order valence-electron chi connectivity index (χ3n) is 3.05. The van der Waals surface area contributed by atoms with E-state index in [0.717, 1.165) is 24.0 Å². The number of allylic oxidation sites excluding steroid dienone is 2. The van der Waals surface area contributed by atoms with Gasteiger partial charge in [0.2, 0.25) is 0 Å². The predicted molar refractivity (Wildman–Crippen MR) is 83.5 cm³/mol. The van der Waals surface area contributed by atoms with Gasteiger partial charge in [0.15, 0.2) is 0 Å². The van der Waals surface area contributed by atoms with Gasteiger partial charge in [0.05, 0.1) is 6.42 Å². The maximum atomic E-state index is 11.7. The van der Waals surface area contributed by atoms with E-state index in [9.17, 15) is 4.79 Å². The zero-order valence-electron chi connectivity index (χ0n) is 12.5. The second-order valence-electron chi connectivity index (χ2n) is 5.18. The molecule has 0 amide bonds. The third kappa shape index (κ3) is 6.93. The van der Waals surface area contributed by atoms with Crippen molar-refractivity contribution in [2.45, 2.75) is 33.1 Å². The molecule has 1 atom stereocenters. The number of ether oxygens (including phenoxy) is 1. The van der Waals surface area contributed by atoms with Crippen molar-refractivity contribution in [3.05, 3.63) is 60.2 Å². The molecule has 0 fully saturated rings. The summed E-state index contributed by atoms with van der Waals surface area (Å²) in [6.07, 6.45) is 6.52. The van der Waals surface area contributed by atoms with Crippen molar-refractivity contribution in [2.75, 3.05) is 6.61 Å². The molecule has 0 aliphatic heterocycles. The summed E-state index contributed by atoms with van der Waals surface area (Å²) in [4.78, 5) is 11.7. The minimum Gasteiger partial charge on any atom is -0.461 e. The number of esters is 1. The monoisotopic (exact) mass is 272 g/mol. The first-order chi connectivity index (χ1) is 9.61. The van der Waals surface area contributed by atoms with Gasteiger partial charge in [0.25, 0.3) is 0 Å². The zero-order chi connectivity index (χ0) is 14.8. The summed E-state index contributed by atoms with van der Waals surface area (Å²) < 4.78 is 5.29. The highest BCUT2D eigenvalue weighted by Crippen LogP contribution is 2.11. The molecule has 1 rings (SSSR count). The van der Waals surface area contributed by atoms with E-state index in [0.29, 0.717) is 18.9 Å². The first kappa shape index (κ1) is 16.2. The van der Waals surface area contributed by atoms with E-state index >= 15 is 0 Å². The van der Waals surface area contributed by atoms with Crippen LogP contribution in [0.3, 0.4) is 0 Å². The van der Waals surface area contributed by atoms with E-state index in [1.807, 2.05) is 43.3 Å². The average molecular weight is 272 g/mol. The molecule has 0 heterocycles. The van der Waals surface area contributed by atoms with E-state index < -0.39 is 0 Å². The molecule has 0 saturated heterocycles. The number of carbonyl (C=O) groups excluding carboxylic acids is 1. The quantitative estimate of drug-likeness (QED) is 0.520. The Kier molecular flexibility index (Phi) is 7.41. The molecule has 1 aromatic carbocycles. The van der Waals surface area contributed by atoms with E-state index in [1.165, 1.54) is 0 Å². The van der Waals surface area contributed by atoms with Crippen molar-refractivity contribution < 1.29 is 9.53 Å². The summed E-state index contributed by atoms with van der Waals surface area (Å²) >= 11 is 0. The molecule has 2 nitrogen and oxygen atoms in total. The molecule has 0 bridgehead atoms. The highest BCUT2D eigenvalue weighted by atomic mass is 16.5. The lowest BCUT2D eigenvalue weighted by Gasteiger charge is -2.08. The second-order valence-corrected chi connectivity index (χ2v) is 5.18. The van der Waals surface area contributed by atoms with Crippen LogP contribution in [0.1, 0.15) is 32.3 Å². The standard InChI is InChI=1S/C18H24O2/c1-4-5-9-15(2)12-16(3)14-20-18(19)13-17-10-7-6-8-11-17/h4,6-8,10-12,15H,1,5,9,13-14H2,2-3H3/b16-12+. The van der Waals surface area contributed by atoms with Crippen molar-refractivity contribution in [2.24, 2.45) is 5.92 Å². The van der Waals surface area contributed by atoms with E-state index in [1.54, 1.807) is 0 Å². The fourth-order valence-electron chi connectivity index (χ4n) is 2.01. The molecule has 108 valence electrons. The highest BCUT2D eigenvalue weighted by Gasteiger charge is 2.05.